The topological polar surface area (TPSA) is 114 Å². The Morgan fingerprint density at radius 3 is 1.67 bits per heavy atom. The number of hydrogen-bond acceptors (Lipinski definition) is 10. The average Bonchev–Trinajstić information content (AvgIpc) is 3.40. The van der Waals surface area contributed by atoms with Gasteiger partial charge in [-0.15, -0.1) is 11.3 Å². The number of carbonyl (C=O) groups is 3. The molecule has 1 heterocycles. The number of esters is 3. The van der Waals surface area contributed by atoms with Gasteiger partial charge in [0.25, 0.3) is 0 Å². The van der Waals surface area contributed by atoms with Crippen molar-refractivity contribution in [2.75, 3.05) is 13.6 Å². The summed E-state index contributed by atoms with van der Waals surface area (Å²) in [5.74, 6) is -3.00. The molecule has 252 valence electrons. The highest BCUT2D eigenvalue weighted by atomic mass is 35.5. The van der Waals surface area contributed by atoms with Crippen molar-refractivity contribution in [1.82, 2.24) is 0 Å². The van der Waals surface area contributed by atoms with Crippen LogP contribution in [0.1, 0.15) is 56.8 Å². The van der Waals surface area contributed by atoms with Crippen molar-refractivity contribution in [2.24, 2.45) is 10.8 Å². The second-order valence-corrected chi connectivity index (χ2v) is 16.6. The van der Waals surface area contributed by atoms with Crippen LogP contribution in [0.3, 0.4) is 0 Å². The largest absolute Gasteiger partial charge is 0.438 e. The lowest BCUT2D eigenvalue weighted by molar-refractivity contribution is -0.163. The first-order chi connectivity index (χ1) is 21.0. The van der Waals surface area contributed by atoms with E-state index in [1.807, 2.05) is 0 Å². The lowest BCUT2D eigenvalue weighted by Gasteiger charge is -2.27. The molecule has 0 spiro atoms. The van der Waals surface area contributed by atoms with Crippen LogP contribution in [-0.2, 0) is 38.3 Å². The minimum Gasteiger partial charge on any atom is -0.438 e. The van der Waals surface area contributed by atoms with Crippen molar-refractivity contribution in [3.05, 3.63) is 59.8 Å². The summed E-state index contributed by atoms with van der Waals surface area (Å²) in [5.41, 5.74) is -7.27. The zero-order valence-corrected chi connectivity index (χ0v) is 30.4. The lowest BCUT2D eigenvalue weighted by Crippen LogP contribution is -2.27. The van der Waals surface area contributed by atoms with Gasteiger partial charge in [0.05, 0.1) is 25.9 Å². The van der Waals surface area contributed by atoms with Gasteiger partial charge < -0.3 is 14.2 Å². The third-order valence-electron chi connectivity index (χ3n) is 5.82. The Morgan fingerprint density at radius 2 is 1.22 bits per heavy atom. The van der Waals surface area contributed by atoms with Crippen LogP contribution in [0.25, 0.3) is 10.1 Å². The smallest absolute Gasteiger partial charge is 0.410 e. The summed E-state index contributed by atoms with van der Waals surface area (Å²) in [7, 11) is -5.56. The Morgan fingerprint density at radius 1 is 0.761 bits per heavy atom. The van der Waals surface area contributed by atoms with Gasteiger partial charge in [-0.2, -0.15) is 8.78 Å². The number of ether oxygens (including phenoxy) is 3. The van der Waals surface area contributed by atoms with Gasteiger partial charge >= 0.3 is 31.2 Å². The summed E-state index contributed by atoms with van der Waals surface area (Å²) < 4.78 is 70.6. The number of alkyl halides is 2. The van der Waals surface area contributed by atoms with Crippen molar-refractivity contribution in [1.29, 1.82) is 0 Å². The predicted octanol–water partition coefficient (Wildman–Crippen LogP) is 10.8. The van der Waals surface area contributed by atoms with Crippen molar-refractivity contribution < 1.29 is 51.0 Å². The molecule has 0 N–H and O–H groups in total. The van der Waals surface area contributed by atoms with Gasteiger partial charge in [-0.3, -0.25) is 23.2 Å². The molecule has 3 aromatic rings. The SMILES string of the molecule is CC(C)(C)C(=O)OCOP(=O)(OCOC(=O)C(C)(C)C)C(F)(F)c1ccc2sc(C(=O)Oc3c(Cl)c(Cl)c(Cl)c(Cl)c3Cl)cc2c1. The van der Waals surface area contributed by atoms with Crippen molar-refractivity contribution in [3.63, 3.8) is 0 Å². The van der Waals surface area contributed by atoms with E-state index in [-0.39, 0.29) is 41.1 Å². The third kappa shape index (κ3) is 8.46. The fourth-order valence-electron chi connectivity index (χ4n) is 3.24. The molecule has 0 amide bonds. The van der Waals surface area contributed by atoms with Gasteiger partial charge in [0.2, 0.25) is 13.6 Å². The number of rotatable bonds is 10. The lowest BCUT2D eigenvalue weighted by atomic mass is 9.98. The first-order valence-corrected chi connectivity index (χ1v) is 17.2. The Balaban J connectivity index is 1.93. The number of fused-ring (bicyclic) bond motifs is 1. The van der Waals surface area contributed by atoms with Crippen LogP contribution in [0.4, 0.5) is 8.78 Å². The van der Waals surface area contributed by atoms with Gasteiger partial charge in [0.1, 0.15) is 14.9 Å². The maximum atomic E-state index is 16.0. The maximum absolute atomic E-state index is 16.0. The Bertz CT molecular complexity index is 1670. The Hall–Kier alpha value is -1.73. The first kappa shape index (κ1) is 38.7. The fourth-order valence-corrected chi connectivity index (χ4v) is 6.59. The van der Waals surface area contributed by atoms with E-state index in [0.717, 1.165) is 23.5 Å². The van der Waals surface area contributed by atoms with Gasteiger partial charge in [-0.25, -0.2) is 4.79 Å². The van der Waals surface area contributed by atoms with Crippen LogP contribution in [0.15, 0.2) is 24.3 Å². The molecule has 46 heavy (non-hydrogen) atoms. The van der Waals surface area contributed by atoms with E-state index >= 15 is 8.78 Å². The average molecular weight is 785 g/mol. The van der Waals surface area contributed by atoms with Crippen molar-refractivity contribution in [3.8, 4) is 5.75 Å². The van der Waals surface area contributed by atoms with E-state index in [1.54, 1.807) is 0 Å². The van der Waals surface area contributed by atoms with Crippen LogP contribution < -0.4 is 4.74 Å². The minimum absolute atomic E-state index is 0.0661. The molecule has 0 radical (unpaired) electrons. The Kier molecular flexibility index (Phi) is 12.1. The highest BCUT2D eigenvalue weighted by Gasteiger charge is 2.56. The first-order valence-electron chi connectivity index (χ1n) is 12.9. The zero-order valence-electron chi connectivity index (χ0n) is 24.9. The van der Waals surface area contributed by atoms with Crippen LogP contribution >= 0.6 is 76.9 Å². The van der Waals surface area contributed by atoms with E-state index in [1.165, 1.54) is 53.7 Å². The van der Waals surface area contributed by atoms with Crippen molar-refractivity contribution >= 4 is 105 Å². The maximum Gasteiger partial charge on any atom is 0.410 e. The molecule has 0 aliphatic heterocycles. The molecule has 2 aromatic carbocycles. The zero-order chi connectivity index (χ0) is 35.0. The summed E-state index contributed by atoms with van der Waals surface area (Å²) >= 11 is 31.1. The van der Waals surface area contributed by atoms with Gasteiger partial charge in [-0.1, -0.05) is 64.1 Å². The number of carbonyl (C=O) groups excluding carboxylic acids is 3. The molecule has 1 aromatic heterocycles. The van der Waals surface area contributed by atoms with Crippen molar-refractivity contribution in [2.45, 2.75) is 47.2 Å². The molecule has 9 nitrogen and oxygen atoms in total. The summed E-state index contributed by atoms with van der Waals surface area (Å²) in [6.45, 7) is 6.74. The molecule has 0 fully saturated rings. The molecule has 0 atom stereocenters. The van der Waals surface area contributed by atoms with E-state index in [0.29, 0.717) is 4.70 Å². The van der Waals surface area contributed by atoms with E-state index in [2.05, 4.69) is 0 Å². The van der Waals surface area contributed by atoms with Crippen LogP contribution in [0, 0.1) is 10.8 Å². The number of thiophene rings is 1. The number of benzene rings is 2. The molecule has 18 heteroatoms. The number of halogens is 7. The monoisotopic (exact) mass is 782 g/mol. The molecular weight excluding hydrogens is 759 g/mol. The van der Waals surface area contributed by atoms with Crippen LogP contribution in [-0.4, -0.2) is 31.5 Å². The standard InChI is InChI=1S/C28H26Cl5F2O9PS/c1-26(2,3)24(37)40-11-42-45(39,43-12-41-25(38)27(4,5)6)28(34,35)14-7-8-15-13(9-14)10-16(46-15)23(36)44-22-20(32)18(30)17(29)19(31)21(22)33/h7-10H,11-12H2,1-6H3. The minimum atomic E-state index is -5.56. The Labute approximate surface area is 291 Å². The summed E-state index contributed by atoms with van der Waals surface area (Å²) in [6, 6.07) is 4.34. The number of hydrogen-bond donors (Lipinski definition) is 0. The molecule has 0 aliphatic carbocycles. The van der Waals surface area contributed by atoms with Gasteiger partial charge in [-0.05, 0) is 65.1 Å². The third-order valence-corrected chi connectivity index (χ3v) is 11.0. The van der Waals surface area contributed by atoms with Crippen LogP contribution in [0.2, 0.25) is 25.1 Å². The quantitative estimate of drug-likeness (QED) is 0.0495. The van der Waals surface area contributed by atoms with E-state index in [4.69, 9.17) is 81.3 Å². The fraction of sp³-hybridized carbons (Fsp3) is 0.393. The van der Waals surface area contributed by atoms with Gasteiger partial charge in [0.15, 0.2) is 5.75 Å². The summed E-state index contributed by atoms with van der Waals surface area (Å²) in [6.07, 6.45) is 0. The normalized spacial score (nSPS) is 12.7. The molecular formula is C28H26Cl5F2O9PS. The molecule has 0 aliphatic rings. The summed E-state index contributed by atoms with van der Waals surface area (Å²) in [5, 5.41) is -1.02. The summed E-state index contributed by atoms with van der Waals surface area (Å²) in [4.78, 5) is 37.2. The molecule has 0 unspecified atom stereocenters. The highest BCUT2D eigenvalue weighted by Crippen LogP contribution is 2.67. The predicted molar refractivity (Wildman–Crippen MR) is 173 cm³/mol. The van der Waals surface area contributed by atoms with Crippen LogP contribution in [0.5, 0.6) is 5.75 Å². The molecule has 0 saturated heterocycles. The second-order valence-electron chi connectivity index (χ2n) is 11.5. The van der Waals surface area contributed by atoms with E-state index < -0.39 is 61.1 Å². The highest BCUT2D eigenvalue weighted by molar-refractivity contribution is 7.54. The van der Waals surface area contributed by atoms with Gasteiger partial charge in [0, 0.05) is 10.3 Å². The molecule has 0 saturated carbocycles. The second kappa shape index (κ2) is 14.4. The molecule has 3 rings (SSSR count). The molecule has 0 bridgehead atoms. The van der Waals surface area contributed by atoms with E-state index in [9.17, 15) is 18.9 Å².